The fourth-order valence-electron chi connectivity index (χ4n) is 3.01. The molecule has 1 aliphatic rings. The van der Waals surface area contributed by atoms with Crippen LogP contribution in [0.2, 0.25) is 0 Å². The van der Waals surface area contributed by atoms with Crippen molar-refractivity contribution in [3.63, 3.8) is 0 Å². The van der Waals surface area contributed by atoms with Crippen LogP contribution in [0.25, 0.3) is 0 Å². The topological polar surface area (TPSA) is 49.4 Å². The van der Waals surface area contributed by atoms with Crippen LogP contribution < -0.4 is 5.32 Å². The van der Waals surface area contributed by atoms with Crippen molar-refractivity contribution in [1.82, 2.24) is 10.2 Å². The second-order valence-corrected chi connectivity index (χ2v) is 7.97. The van der Waals surface area contributed by atoms with Crippen LogP contribution >= 0.6 is 27.3 Å². The van der Waals surface area contributed by atoms with Crippen molar-refractivity contribution in [3.8, 4) is 0 Å². The molecule has 4 nitrogen and oxygen atoms in total. The van der Waals surface area contributed by atoms with Crippen LogP contribution in [-0.4, -0.2) is 23.3 Å². The van der Waals surface area contributed by atoms with Gasteiger partial charge in [-0.15, -0.1) is 11.3 Å². The molecular weight excluding hydrogens is 388 g/mol. The molecule has 1 atom stereocenters. The summed E-state index contributed by atoms with van der Waals surface area (Å²) in [5, 5.41) is 2.77. The summed E-state index contributed by atoms with van der Waals surface area (Å²) in [6, 6.07) is 12.1. The van der Waals surface area contributed by atoms with E-state index < -0.39 is 0 Å². The molecule has 3 rings (SSSR count). The van der Waals surface area contributed by atoms with Gasteiger partial charge in [0, 0.05) is 22.8 Å². The lowest BCUT2D eigenvalue weighted by molar-refractivity contribution is -0.119. The number of thiophene rings is 1. The van der Waals surface area contributed by atoms with Crippen LogP contribution in [0.5, 0.6) is 0 Å². The highest BCUT2D eigenvalue weighted by atomic mass is 79.9. The van der Waals surface area contributed by atoms with E-state index in [9.17, 15) is 9.59 Å². The minimum absolute atomic E-state index is 0.0643. The Hall–Kier alpha value is -1.66. The van der Waals surface area contributed by atoms with Crippen molar-refractivity contribution < 1.29 is 9.59 Å². The SMILES string of the molecule is CC(=O)NCc1ccc(C(=O)N2CCCC2c2cccc(Br)c2)s1. The fraction of sp³-hybridized carbons (Fsp3) is 0.333. The van der Waals surface area contributed by atoms with Gasteiger partial charge in [-0.25, -0.2) is 0 Å². The quantitative estimate of drug-likeness (QED) is 0.829. The van der Waals surface area contributed by atoms with E-state index in [4.69, 9.17) is 0 Å². The summed E-state index contributed by atoms with van der Waals surface area (Å²) < 4.78 is 1.04. The molecule has 0 aliphatic carbocycles. The summed E-state index contributed by atoms with van der Waals surface area (Å²) in [7, 11) is 0. The first-order chi connectivity index (χ1) is 11.5. The van der Waals surface area contributed by atoms with Gasteiger partial charge >= 0.3 is 0 Å². The number of carbonyl (C=O) groups excluding carboxylic acids is 2. The third kappa shape index (κ3) is 3.87. The van der Waals surface area contributed by atoms with Crippen LogP contribution in [0.4, 0.5) is 0 Å². The van der Waals surface area contributed by atoms with Crippen LogP contribution in [0.15, 0.2) is 40.9 Å². The van der Waals surface area contributed by atoms with Gasteiger partial charge in [-0.1, -0.05) is 28.1 Å². The second kappa shape index (κ2) is 7.49. The van der Waals surface area contributed by atoms with Gasteiger partial charge in [0.1, 0.15) is 0 Å². The molecular formula is C18H19BrN2O2S. The predicted molar refractivity (Wildman–Crippen MR) is 99.0 cm³/mol. The van der Waals surface area contributed by atoms with Crippen LogP contribution in [0, 0.1) is 0 Å². The summed E-state index contributed by atoms with van der Waals surface area (Å²) in [6.45, 7) is 2.75. The Bertz CT molecular complexity index is 759. The lowest BCUT2D eigenvalue weighted by Gasteiger charge is -2.24. The number of carbonyl (C=O) groups is 2. The average molecular weight is 407 g/mol. The Morgan fingerprint density at radius 1 is 1.33 bits per heavy atom. The van der Waals surface area contributed by atoms with Crippen molar-refractivity contribution in [2.24, 2.45) is 0 Å². The molecule has 1 unspecified atom stereocenters. The highest BCUT2D eigenvalue weighted by Gasteiger charge is 2.31. The predicted octanol–water partition coefficient (Wildman–Crippen LogP) is 4.12. The molecule has 1 saturated heterocycles. The summed E-state index contributed by atoms with van der Waals surface area (Å²) in [4.78, 5) is 27.6. The van der Waals surface area contributed by atoms with E-state index in [1.807, 2.05) is 29.2 Å². The number of amides is 2. The number of halogens is 1. The molecule has 1 fully saturated rings. The van der Waals surface area contributed by atoms with Gasteiger partial charge in [0.25, 0.3) is 5.91 Å². The zero-order valence-corrected chi connectivity index (χ0v) is 15.8. The average Bonchev–Trinajstić information content (AvgIpc) is 3.21. The number of hydrogen-bond donors (Lipinski definition) is 1. The molecule has 1 aromatic heterocycles. The lowest BCUT2D eigenvalue weighted by atomic mass is 10.0. The van der Waals surface area contributed by atoms with E-state index >= 15 is 0 Å². The van der Waals surface area contributed by atoms with Gasteiger partial charge in [0.2, 0.25) is 5.91 Å². The van der Waals surface area contributed by atoms with Crippen molar-refractivity contribution in [2.75, 3.05) is 6.54 Å². The number of nitrogens with one attached hydrogen (secondary N) is 1. The molecule has 126 valence electrons. The maximum absolute atomic E-state index is 12.9. The first-order valence-corrected chi connectivity index (χ1v) is 9.55. The normalized spacial score (nSPS) is 17.1. The van der Waals surface area contributed by atoms with E-state index in [0.29, 0.717) is 6.54 Å². The van der Waals surface area contributed by atoms with Crippen molar-refractivity contribution in [2.45, 2.75) is 32.4 Å². The molecule has 2 heterocycles. The zero-order valence-electron chi connectivity index (χ0n) is 13.4. The molecule has 6 heteroatoms. The number of nitrogens with zero attached hydrogens (tertiary/aromatic N) is 1. The molecule has 2 amide bonds. The summed E-state index contributed by atoms with van der Waals surface area (Å²) >= 11 is 4.96. The minimum Gasteiger partial charge on any atom is -0.351 e. The van der Waals surface area contributed by atoms with Crippen molar-refractivity contribution in [3.05, 3.63) is 56.2 Å². The van der Waals surface area contributed by atoms with E-state index in [1.54, 1.807) is 0 Å². The standard InChI is InChI=1S/C18H19BrN2O2S/c1-12(22)20-11-15-7-8-17(24-15)18(23)21-9-3-6-16(21)13-4-2-5-14(19)10-13/h2,4-5,7-8,10,16H,3,6,9,11H2,1H3,(H,20,22). The summed E-state index contributed by atoms with van der Waals surface area (Å²) in [5.74, 6) is 0.0158. The van der Waals surface area contributed by atoms with Crippen LogP contribution in [0.3, 0.4) is 0 Å². The maximum Gasteiger partial charge on any atom is 0.264 e. The molecule has 1 N–H and O–H groups in total. The van der Waals surface area contributed by atoms with E-state index in [-0.39, 0.29) is 17.9 Å². The Kier molecular flexibility index (Phi) is 5.36. The van der Waals surface area contributed by atoms with Crippen LogP contribution in [0.1, 0.15) is 45.9 Å². The molecule has 0 bridgehead atoms. The summed E-state index contributed by atoms with van der Waals surface area (Å²) in [5.41, 5.74) is 1.17. The first kappa shape index (κ1) is 17.2. The molecule has 2 aromatic rings. The van der Waals surface area contributed by atoms with E-state index in [1.165, 1.54) is 23.8 Å². The van der Waals surface area contributed by atoms with Crippen molar-refractivity contribution >= 4 is 39.1 Å². The van der Waals surface area contributed by atoms with Gasteiger partial charge in [-0.05, 0) is 42.7 Å². The minimum atomic E-state index is -0.0643. The third-order valence-corrected chi connectivity index (χ3v) is 5.70. The molecule has 24 heavy (non-hydrogen) atoms. The fourth-order valence-corrected chi connectivity index (χ4v) is 4.33. The smallest absolute Gasteiger partial charge is 0.264 e. The second-order valence-electron chi connectivity index (χ2n) is 5.89. The third-order valence-electron chi connectivity index (χ3n) is 4.13. The zero-order chi connectivity index (χ0) is 17.1. The van der Waals surface area contributed by atoms with Gasteiger partial charge in [0.05, 0.1) is 17.5 Å². The van der Waals surface area contributed by atoms with Gasteiger partial charge in [-0.2, -0.15) is 0 Å². The van der Waals surface area contributed by atoms with Crippen molar-refractivity contribution in [1.29, 1.82) is 0 Å². The highest BCUT2D eigenvalue weighted by molar-refractivity contribution is 9.10. The van der Waals surface area contributed by atoms with Crippen LogP contribution in [-0.2, 0) is 11.3 Å². The Morgan fingerprint density at radius 2 is 2.17 bits per heavy atom. The van der Waals surface area contributed by atoms with E-state index in [2.05, 4.69) is 33.4 Å². The Morgan fingerprint density at radius 3 is 2.92 bits per heavy atom. The Balaban J connectivity index is 1.75. The molecule has 1 aliphatic heterocycles. The highest BCUT2D eigenvalue weighted by Crippen LogP contribution is 2.35. The molecule has 0 saturated carbocycles. The Labute approximate surface area is 154 Å². The number of hydrogen-bond acceptors (Lipinski definition) is 3. The first-order valence-electron chi connectivity index (χ1n) is 7.94. The van der Waals surface area contributed by atoms with Gasteiger partial charge in [-0.3, -0.25) is 9.59 Å². The van der Waals surface area contributed by atoms with E-state index in [0.717, 1.165) is 33.6 Å². The maximum atomic E-state index is 12.9. The molecule has 0 radical (unpaired) electrons. The monoisotopic (exact) mass is 406 g/mol. The lowest BCUT2D eigenvalue weighted by Crippen LogP contribution is -2.29. The van der Waals surface area contributed by atoms with Gasteiger partial charge < -0.3 is 10.2 Å². The summed E-state index contributed by atoms with van der Waals surface area (Å²) in [6.07, 6.45) is 2.01. The number of rotatable bonds is 4. The molecule has 0 spiro atoms. The molecule has 1 aromatic carbocycles. The number of likely N-dealkylation sites (tertiary alicyclic amines) is 1. The number of benzene rings is 1. The van der Waals surface area contributed by atoms with Gasteiger partial charge in [0.15, 0.2) is 0 Å². The largest absolute Gasteiger partial charge is 0.351 e.